The molecule has 1 heterocycles. The van der Waals surface area contributed by atoms with Crippen LogP contribution in [0.25, 0.3) is 0 Å². The third-order valence-corrected chi connectivity index (χ3v) is 4.54. The van der Waals surface area contributed by atoms with E-state index >= 15 is 0 Å². The van der Waals surface area contributed by atoms with Crippen molar-refractivity contribution in [1.82, 2.24) is 0 Å². The lowest BCUT2D eigenvalue weighted by molar-refractivity contribution is -0.122. The summed E-state index contributed by atoms with van der Waals surface area (Å²) in [5, 5.41) is 0. The molecule has 1 aromatic rings. The lowest BCUT2D eigenvalue weighted by Crippen LogP contribution is -2.32. The minimum atomic E-state index is -0.188. The monoisotopic (exact) mass is 269 g/mol. The summed E-state index contributed by atoms with van der Waals surface area (Å²) in [4.78, 5) is 26.8. The fourth-order valence-corrected chi connectivity index (χ4v) is 3.53. The molecule has 1 aromatic carbocycles. The Labute approximate surface area is 119 Å². The van der Waals surface area contributed by atoms with Crippen LogP contribution in [0.1, 0.15) is 24.5 Å². The number of hydrogen-bond donors (Lipinski definition) is 0. The van der Waals surface area contributed by atoms with Crippen molar-refractivity contribution in [3.63, 3.8) is 0 Å². The van der Waals surface area contributed by atoms with Crippen LogP contribution in [0, 0.1) is 31.6 Å². The van der Waals surface area contributed by atoms with Gasteiger partial charge >= 0.3 is 0 Å². The van der Waals surface area contributed by atoms with E-state index in [0.29, 0.717) is 6.42 Å². The van der Waals surface area contributed by atoms with Crippen molar-refractivity contribution in [2.45, 2.75) is 27.2 Å². The van der Waals surface area contributed by atoms with E-state index in [-0.39, 0.29) is 29.6 Å². The molecule has 3 nitrogen and oxygen atoms in total. The van der Waals surface area contributed by atoms with E-state index in [4.69, 9.17) is 0 Å². The van der Waals surface area contributed by atoms with E-state index in [9.17, 15) is 9.59 Å². The van der Waals surface area contributed by atoms with E-state index < -0.39 is 0 Å². The van der Waals surface area contributed by atoms with Crippen molar-refractivity contribution in [3.8, 4) is 0 Å². The van der Waals surface area contributed by atoms with Crippen LogP contribution >= 0.6 is 0 Å². The zero-order valence-corrected chi connectivity index (χ0v) is 12.1. The Balaban J connectivity index is 2.08. The van der Waals surface area contributed by atoms with Gasteiger partial charge in [0.25, 0.3) is 0 Å². The third kappa shape index (κ3) is 1.73. The summed E-state index contributed by atoms with van der Waals surface area (Å²) >= 11 is 0. The molecule has 2 aliphatic rings. The fraction of sp³-hybridized carbons (Fsp3) is 0.412. The highest BCUT2D eigenvalue weighted by Gasteiger charge is 2.50. The van der Waals surface area contributed by atoms with Crippen LogP contribution < -0.4 is 4.90 Å². The van der Waals surface area contributed by atoms with Gasteiger partial charge in [-0.2, -0.15) is 0 Å². The number of carbonyl (C=O) groups is 2. The van der Waals surface area contributed by atoms with Crippen molar-refractivity contribution in [1.29, 1.82) is 0 Å². The van der Waals surface area contributed by atoms with Gasteiger partial charge in [0.1, 0.15) is 0 Å². The lowest BCUT2D eigenvalue weighted by atomic mass is 9.78. The number of hydrogen-bond acceptors (Lipinski definition) is 2. The van der Waals surface area contributed by atoms with Gasteiger partial charge in [0.2, 0.25) is 11.8 Å². The smallest absolute Gasteiger partial charge is 0.238 e. The van der Waals surface area contributed by atoms with Crippen LogP contribution in [0.3, 0.4) is 0 Å². The molecule has 0 bridgehead atoms. The molecule has 0 saturated carbocycles. The van der Waals surface area contributed by atoms with Gasteiger partial charge in [-0.05, 0) is 37.3 Å². The number of allylic oxidation sites excluding steroid dienone is 2. The van der Waals surface area contributed by atoms with Gasteiger partial charge in [-0.25, -0.2) is 4.90 Å². The van der Waals surface area contributed by atoms with Gasteiger partial charge in [0.15, 0.2) is 0 Å². The molecule has 0 N–H and O–H groups in total. The number of nitrogens with zero attached hydrogens (tertiary/aromatic N) is 1. The van der Waals surface area contributed by atoms with Gasteiger partial charge in [-0.3, -0.25) is 9.59 Å². The van der Waals surface area contributed by atoms with Crippen LogP contribution in [0.2, 0.25) is 0 Å². The van der Waals surface area contributed by atoms with E-state index in [1.807, 2.05) is 45.0 Å². The number of para-hydroxylation sites is 1. The Bertz CT molecular complexity index is 597. The molecule has 0 unspecified atom stereocenters. The molecule has 0 aromatic heterocycles. The van der Waals surface area contributed by atoms with Crippen LogP contribution in [0.4, 0.5) is 5.69 Å². The van der Waals surface area contributed by atoms with Gasteiger partial charge in [-0.15, -0.1) is 0 Å². The van der Waals surface area contributed by atoms with Crippen molar-refractivity contribution >= 4 is 17.5 Å². The molecule has 104 valence electrons. The average Bonchev–Trinajstić information content (AvgIpc) is 2.65. The van der Waals surface area contributed by atoms with E-state index in [2.05, 4.69) is 6.08 Å². The number of amides is 2. The van der Waals surface area contributed by atoms with Crippen molar-refractivity contribution in [3.05, 3.63) is 41.5 Å². The van der Waals surface area contributed by atoms with Gasteiger partial charge in [0, 0.05) is 0 Å². The van der Waals surface area contributed by atoms with Crippen LogP contribution in [-0.2, 0) is 9.59 Å². The highest BCUT2D eigenvalue weighted by Crippen LogP contribution is 2.41. The molecule has 0 spiro atoms. The first-order valence-corrected chi connectivity index (χ1v) is 7.13. The predicted octanol–water partition coefficient (Wildman–Crippen LogP) is 3.01. The molecule has 3 heteroatoms. The first-order valence-electron chi connectivity index (χ1n) is 7.13. The first-order chi connectivity index (χ1) is 9.52. The SMILES string of the molecule is Cc1cccc(C)c1N1C(=O)[C@H]2[C@H](CC=C[C@@H]2C)C1=O. The topological polar surface area (TPSA) is 37.4 Å². The zero-order chi connectivity index (χ0) is 14.4. The number of fused-ring (bicyclic) bond motifs is 1. The molecule has 3 rings (SSSR count). The molecule has 1 saturated heterocycles. The largest absolute Gasteiger partial charge is 0.274 e. The molecular weight excluding hydrogens is 250 g/mol. The summed E-state index contributed by atoms with van der Waals surface area (Å²) in [7, 11) is 0. The van der Waals surface area contributed by atoms with Crippen LogP contribution in [0.5, 0.6) is 0 Å². The molecule has 1 fully saturated rings. The maximum absolute atomic E-state index is 12.7. The van der Waals surface area contributed by atoms with E-state index in [1.165, 1.54) is 4.90 Å². The number of anilines is 1. The van der Waals surface area contributed by atoms with Crippen molar-refractivity contribution in [2.24, 2.45) is 17.8 Å². The standard InChI is InChI=1S/C17H19NO2/c1-10-6-5-9-13-14(10)17(20)18(16(13)19)15-11(2)7-4-8-12(15)3/h4-8,10,13-14H,9H2,1-3H3/t10-,13-,14+/m0/s1. The second-order valence-electron chi connectivity index (χ2n) is 5.91. The lowest BCUT2D eigenvalue weighted by Gasteiger charge is -2.22. The molecule has 3 atom stereocenters. The number of aryl methyl sites for hydroxylation is 2. The normalized spacial score (nSPS) is 28.9. The number of rotatable bonds is 1. The molecule has 1 aliphatic carbocycles. The molecule has 20 heavy (non-hydrogen) atoms. The Morgan fingerprint density at radius 3 is 2.35 bits per heavy atom. The van der Waals surface area contributed by atoms with Gasteiger partial charge in [0.05, 0.1) is 17.5 Å². The van der Waals surface area contributed by atoms with Crippen molar-refractivity contribution in [2.75, 3.05) is 4.90 Å². The quantitative estimate of drug-likeness (QED) is 0.580. The maximum Gasteiger partial charge on any atom is 0.238 e. The summed E-state index contributed by atoms with van der Waals surface area (Å²) < 4.78 is 0. The zero-order valence-electron chi connectivity index (χ0n) is 12.1. The van der Waals surface area contributed by atoms with E-state index in [0.717, 1.165) is 16.8 Å². The molecule has 2 amide bonds. The summed E-state index contributed by atoms with van der Waals surface area (Å²) in [5.41, 5.74) is 2.74. The molecule has 1 aliphatic heterocycles. The van der Waals surface area contributed by atoms with Crippen LogP contribution in [0.15, 0.2) is 30.4 Å². The number of carbonyl (C=O) groups excluding carboxylic acids is 2. The summed E-state index contributed by atoms with van der Waals surface area (Å²) in [6.07, 6.45) is 4.77. The number of imide groups is 1. The fourth-order valence-electron chi connectivity index (χ4n) is 3.53. The highest BCUT2D eigenvalue weighted by molar-refractivity contribution is 6.23. The predicted molar refractivity (Wildman–Crippen MR) is 78.3 cm³/mol. The second kappa shape index (κ2) is 4.58. The van der Waals surface area contributed by atoms with Gasteiger partial charge in [-0.1, -0.05) is 37.3 Å². The molecule has 0 radical (unpaired) electrons. The second-order valence-corrected chi connectivity index (χ2v) is 5.91. The summed E-state index contributed by atoms with van der Waals surface area (Å²) in [6.45, 7) is 5.92. The highest BCUT2D eigenvalue weighted by atomic mass is 16.2. The van der Waals surface area contributed by atoms with Crippen molar-refractivity contribution < 1.29 is 9.59 Å². The maximum atomic E-state index is 12.7. The Morgan fingerprint density at radius 1 is 1.10 bits per heavy atom. The number of benzene rings is 1. The molecular formula is C17H19NO2. The first kappa shape index (κ1) is 13.1. The Hall–Kier alpha value is -1.90. The Morgan fingerprint density at radius 2 is 1.75 bits per heavy atom. The third-order valence-electron chi connectivity index (χ3n) is 4.54. The van der Waals surface area contributed by atoms with Crippen LogP contribution in [-0.4, -0.2) is 11.8 Å². The van der Waals surface area contributed by atoms with E-state index in [1.54, 1.807) is 0 Å². The summed E-state index contributed by atoms with van der Waals surface area (Å²) in [6, 6.07) is 5.86. The van der Waals surface area contributed by atoms with Gasteiger partial charge < -0.3 is 0 Å². The summed E-state index contributed by atoms with van der Waals surface area (Å²) in [5.74, 6) is -0.296. The average molecular weight is 269 g/mol. The Kier molecular flexibility index (Phi) is 3.00. The minimum absolute atomic E-state index is 0.0331. The minimum Gasteiger partial charge on any atom is -0.274 e.